The number of amides is 1. The molecule has 0 saturated carbocycles. The molecule has 0 saturated heterocycles. The second kappa shape index (κ2) is 11.0. The first-order chi connectivity index (χ1) is 15.1. The third-order valence-electron chi connectivity index (χ3n) is 4.93. The van der Waals surface area contributed by atoms with Crippen molar-refractivity contribution in [2.45, 2.75) is 32.5 Å². The molecule has 0 N–H and O–H groups in total. The normalized spacial score (nSPS) is 11.4. The van der Waals surface area contributed by atoms with Gasteiger partial charge in [-0.25, -0.2) is 0 Å². The molecule has 0 aliphatic carbocycles. The standard InChI is InChI=1S/C26H27NO4/c1-20(31-25(28)17-23-15-9-10-16-24(23)30-2)26(29)27(18-21-11-5-3-6-12-21)19-22-13-7-4-8-14-22/h3-16,20H,17-19H2,1-2H3. The summed E-state index contributed by atoms with van der Waals surface area (Å²) >= 11 is 0. The number of carbonyl (C=O) groups is 2. The summed E-state index contributed by atoms with van der Waals surface area (Å²) in [5.74, 6) is -0.0842. The molecule has 1 amide bonds. The molecule has 0 radical (unpaired) electrons. The van der Waals surface area contributed by atoms with Crippen molar-refractivity contribution in [3.8, 4) is 5.75 Å². The van der Waals surface area contributed by atoms with Crippen molar-refractivity contribution >= 4 is 11.9 Å². The minimum Gasteiger partial charge on any atom is -0.496 e. The van der Waals surface area contributed by atoms with E-state index in [0.29, 0.717) is 18.8 Å². The Hall–Kier alpha value is -3.60. The molecule has 31 heavy (non-hydrogen) atoms. The lowest BCUT2D eigenvalue weighted by molar-refractivity contribution is -0.159. The number of carbonyl (C=O) groups excluding carboxylic acids is 2. The highest BCUT2D eigenvalue weighted by molar-refractivity contribution is 5.84. The summed E-state index contributed by atoms with van der Waals surface area (Å²) in [4.78, 5) is 27.4. The summed E-state index contributed by atoms with van der Waals surface area (Å²) < 4.78 is 10.8. The summed E-state index contributed by atoms with van der Waals surface area (Å²) in [6.07, 6.45) is -0.853. The fourth-order valence-electron chi connectivity index (χ4n) is 3.37. The highest BCUT2D eigenvalue weighted by Gasteiger charge is 2.25. The summed E-state index contributed by atoms with van der Waals surface area (Å²) in [6.45, 7) is 2.48. The van der Waals surface area contributed by atoms with E-state index in [-0.39, 0.29) is 12.3 Å². The van der Waals surface area contributed by atoms with Crippen LogP contribution >= 0.6 is 0 Å². The molecule has 3 aromatic carbocycles. The second-order valence-electron chi connectivity index (χ2n) is 7.29. The smallest absolute Gasteiger partial charge is 0.311 e. The molecule has 0 aliphatic rings. The summed E-state index contributed by atoms with van der Waals surface area (Å²) in [7, 11) is 1.56. The van der Waals surface area contributed by atoms with Crippen LogP contribution in [0.4, 0.5) is 0 Å². The molecule has 3 aromatic rings. The molecule has 0 spiro atoms. The summed E-state index contributed by atoms with van der Waals surface area (Å²) in [6, 6.07) is 26.8. The van der Waals surface area contributed by atoms with Crippen LogP contribution in [0.15, 0.2) is 84.9 Å². The monoisotopic (exact) mass is 417 g/mol. The first-order valence-electron chi connectivity index (χ1n) is 10.2. The fraction of sp³-hybridized carbons (Fsp3) is 0.231. The molecule has 1 unspecified atom stereocenters. The van der Waals surface area contributed by atoms with E-state index in [4.69, 9.17) is 9.47 Å². The van der Waals surface area contributed by atoms with Gasteiger partial charge in [0.25, 0.3) is 5.91 Å². The van der Waals surface area contributed by atoms with E-state index in [1.807, 2.05) is 78.9 Å². The average molecular weight is 418 g/mol. The van der Waals surface area contributed by atoms with Crippen LogP contribution in [0, 0.1) is 0 Å². The van der Waals surface area contributed by atoms with Gasteiger partial charge in [-0.3, -0.25) is 9.59 Å². The number of rotatable bonds is 9. The number of hydrogen-bond donors (Lipinski definition) is 0. The zero-order chi connectivity index (χ0) is 22.1. The molecule has 5 nitrogen and oxygen atoms in total. The number of hydrogen-bond acceptors (Lipinski definition) is 4. The highest BCUT2D eigenvalue weighted by Crippen LogP contribution is 2.19. The lowest BCUT2D eigenvalue weighted by atomic mass is 10.1. The van der Waals surface area contributed by atoms with Gasteiger partial charge in [0.15, 0.2) is 6.10 Å². The van der Waals surface area contributed by atoms with Gasteiger partial charge in [-0.1, -0.05) is 78.9 Å². The van der Waals surface area contributed by atoms with Crippen molar-refractivity contribution in [1.29, 1.82) is 0 Å². The zero-order valence-corrected chi connectivity index (χ0v) is 17.9. The highest BCUT2D eigenvalue weighted by atomic mass is 16.5. The number of para-hydroxylation sites is 1. The van der Waals surface area contributed by atoms with Gasteiger partial charge in [0.1, 0.15) is 5.75 Å². The maximum atomic E-state index is 13.2. The van der Waals surface area contributed by atoms with Crippen molar-refractivity contribution in [3.63, 3.8) is 0 Å². The van der Waals surface area contributed by atoms with Crippen LogP contribution in [0.2, 0.25) is 0 Å². The molecule has 1 atom stereocenters. The Kier molecular flexibility index (Phi) is 7.82. The van der Waals surface area contributed by atoms with E-state index in [1.54, 1.807) is 25.0 Å². The molecule has 0 bridgehead atoms. The molecule has 160 valence electrons. The van der Waals surface area contributed by atoms with E-state index in [0.717, 1.165) is 16.7 Å². The topological polar surface area (TPSA) is 55.8 Å². The maximum absolute atomic E-state index is 13.2. The van der Waals surface area contributed by atoms with Crippen molar-refractivity contribution in [2.75, 3.05) is 7.11 Å². The van der Waals surface area contributed by atoms with Crippen molar-refractivity contribution in [2.24, 2.45) is 0 Å². The molecule has 0 aromatic heterocycles. The van der Waals surface area contributed by atoms with Gasteiger partial charge in [0, 0.05) is 18.7 Å². The largest absolute Gasteiger partial charge is 0.496 e. The Morgan fingerprint density at radius 3 is 1.87 bits per heavy atom. The third-order valence-corrected chi connectivity index (χ3v) is 4.93. The van der Waals surface area contributed by atoms with Gasteiger partial charge in [0.2, 0.25) is 0 Å². The van der Waals surface area contributed by atoms with E-state index >= 15 is 0 Å². The molecular weight excluding hydrogens is 390 g/mol. The molecule has 0 fully saturated rings. The number of benzene rings is 3. The van der Waals surface area contributed by atoms with Gasteiger partial charge in [-0.15, -0.1) is 0 Å². The predicted molar refractivity (Wildman–Crippen MR) is 119 cm³/mol. The number of ether oxygens (including phenoxy) is 2. The van der Waals surface area contributed by atoms with Crippen molar-refractivity contribution in [1.82, 2.24) is 4.90 Å². The zero-order valence-electron chi connectivity index (χ0n) is 17.9. The Bertz CT molecular complexity index is 947. The predicted octanol–water partition coefficient (Wildman–Crippen LogP) is 4.40. The molecule has 0 aliphatic heterocycles. The Morgan fingerprint density at radius 2 is 1.32 bits per heavy atom. The Labute approximate surface area is 183 Å². The second-order valence-corrected chi connectivity index (χ2v) is 7.29. The first-order valence-corrected chi connectivity index (χ1v) is 10.2. The summed E-state index contributed by atoms with van der Waals surface area (Å²) in [5, 5.41) is 0. The van der Waals surface area contributed by atoms with Crippen LogP contribution in [0.25, 0.3) is 0 Å². The van der Waals surface area contributed by atoms with Gasteiger partial charge >= 0.3 is 5.97 Å². The van der Waals surface area contributed by atoms with Crippen LogP contribution in [0.5, 0.6) is 5.75 Å². The minimum absolute atomic E-state index is 0.0407. The number of methoxy groups -OCH3 is 1. The number of nitrogens with zero attached hydrogens (tertiary/aromatic N) is 1. The fourth-order valence-corrected chi connectivity index (χ4v) is 3.37. The third kappa shape index (κ3) is 6.44. The maximum Gasteiger partial charge on any atom is 0.311 e. The molecule has 3 rings (SSSR count). The SMILES string of the molecule is COc1ccccc1CC(=O)OC(C)C(=O)N(Cc1ccccc1)Cc1ccccc1. The van der Waals surface area contributed by atoms with E-state index < -0.39 is 12.1 Å². The van der Waals surface area contributed by atoms with E-state index in [1.165, 1.54) is 0 Å². The van der Waals surface area contributed by atoms with Gasteiger partial charge in [-0.05, 0) is 24.1 Å². The van der Waals surface area contributed by atoms with Gasteiger partial charge in [0.05, 0.1) is 13.5 Å². The lowest BCUT2D eigenvalue weighted by Gasteiger charge is -2.26. The molecule has 0 heterocycles. The van der Waals surface area contributed by atoms with E-state index in [9.17, 15) is 9.59 Å². The Morgan fingerprint density at radius 1 is 0.806 bits per heavy atom. The van der Waals surface area contributed by atoms with Gasteiger partial charge < -0.3 is 14.4 Å². The van der Waals surface area contributed by atoms with Crippen LogP contribution < -0.4 is 4.74 Å². The first kappa shape index (κ1) is 22.1. The lowest BCUT2D eigenvalue weighted by Crippen LogP contribution is -2.39. The quantitative estimate of drug-likeness (QED) is 0.484. The van der Waals surface area contributed by atoms with Crippen molar-refractivity contribution < 1.29 is 19.1 Å². The van der Waals surface area contributed by atoms with Crippen molar-refractivity contribution in [3.05, 3.63) is 102 Å². The number of esters is 1. The Balaban J connectivity index is 1.69. The minimum atomic E-state index is -0.894. The summed E-state index contributed by atoms with van der Waals surface area (Å²) in [5.41, 5.74) is 2.75. The van der Waals surface area contributed by atoms with Gasteiger partial charge in [-0.2, -0.15) is 0 Å². The molecular formula is C26H27NO4. The average Bonchev–Trinajstić information content (AvgIpc) is 2.79. The van der Waals surface area contributed by atoms with E-state index in [2.05, 4.69) is 0 Å². The molecule has 5 heteroatoms. The van der Waals surface area contributed by atoms with Crippen LogP contribution in [0.3, 0.4) is 0 Å². The van der Waals surface area contributed by atoms with Crippen LogP contribution in [-0.4, -0.2) is 30.0 Å². The van der Waals surface area contributed by atoms with Crippen LogP contribution in [-0.2, 0) is 33.8 Å². The van der Waals surface area contributed by atoms with Crippen LogP contribution in [0.1, 0.15) is 23.6 Å².